The number of pyridine rings is 1. The number of nitrogens with zero attached hydrogens (tertiary/aromatic N) is 2. The molecule has 1 aromatic heterocycles. The number of rotatable bonds is 6. The van der Waals surface area contributed by atoms with Gasteiger partial charge >= 0.3 is 0 Å². The Bertz CT molecular complexity index is 632. The van der Waals surface area contributed by atoms with E-state index in [0.717, 1.165) is 23.7 Å². The highest BCUT2D eigenvalue weighted by molar-refractivity contribution is 5.62. The fourth-order valence-corrected chi connectivity index (χ4v) is 2.31. The number of benzene rings is 2. The molecule has 0 spiro atoms. The molecule has 2 aromatic carbocycles. The summed E-state index contributed by atoms with van der Waals surface area (Å²) in [5.74, 6) is 0.795. The zero-order chi connectivity index (χ0) is 15.0. The lowest BCUT2D eigenvalue weighted by atomic mass is 10.2. The van der Waals surface area contributed by atoms with Crippen LogP contribution in [0.3, 0.4) is 0 Å². The zero-order valence-corrected chi connectivity index (χ0v) is 12.3. The Labute approximate surface area is 130 Å². The summed E-state index contributed by atoms with van der Waals surface area (Å²) in [5, 5.41) is 0. The molecule has 0 saturated heterocycles. The predicted molar refractivity (Wildman–Crippen MR) is 89.6 cm³/mol. The van der Waals surface area contributed by atoms with Crippen molar-refractivity contribution in [1.82, 2.24) is 4.98 Å². The molecule has 0 radical (unpaired) electrons. The summed E-state index contributed by atoms with van der Waals surface area (Å²) in [4.78, 5) is 6.31. The van der Waals surface area contributed by atoms with Gasteiger partial charge in [0.25, 0.3) is 0 Å². The summed E-state index contributed by atoms with van der Waals surface area (Å²) in [6.07, 6.45) is 3.47. The molecule has 0 bridgehead atoms. The van der Waals surface area contributed by atoms with E-state index in [2.05, 4.69) is 34.1 Å². The number of para-hydroxylation sites is 2. The van der Waals surface area contributed by atoms with Crippen molar-refractivity contribution >= 4 is 11.4 Å². The van der Waals surface area contributed by atoms with Crippen LogP contribution in [0.25, 0.3) is 0 Å². The fourth-order valence-electron chi connectivity index (χ4n) is 2.31. The topological polar surface area (TPSA) is 25.4 Å². The lowest BCUT2D eigenvalue weighted by molar-refractivity contribution is 0.326. The van der Waals surface area contributed by atoms with E-state index in [1.165, 1.54) is 0 Å². The molecule has 110 valence electrons. The first kappa shape index (κ1) is 14.1. The average molecular weight is 290 g/mol. The van der Waals surface area contributed by atoms with E-state index in [0.29, 0.717) is 6.61 Å². The van der Waals surface area contributed by atoms with Crippen LogP contribution in [-0.2, 0) is 0 Å². The number of ether oxygens (including phenoxy) is 1. The molecular formula is C19H18N2O. The van der Waals surface area contributed by atoms with E-state index in [-0.39, 0.29) is 0 Å². The summed E-state index contributed by atoms with van der Waals surface area (Å²) in [6.45, 7) is 1.36. The lowest BCUT2D eigenvalue weighted by Crippen LogP contribution is -2.23. The third-order valence-corrected chi connectivity index (χ3v) is 3.35. The Hall–Kier alpha value is -2.81. The standard InChI is InChI=1S/C19H18N2O/c1-3-8-17(9-4-1)21(18-10-5-2-6-11-18)14-15-22-19-12-7-13-20-16-19/h1-13,16H,14-15H2. The highest BCUT2D eigenvalue weighted by Gasteiger charge is 2.08. The molecule has 22 heavy (non-hydrogen) atoms. The fraction of sp³-hybridized carbons (Fsp3) is 0.105. The van der Waals surface area contributed by atoms with Crippen molar-refractivity contribution in [2.75, 3.05) is 18.1 Å². The van der Waals surface area contributed by atoms with E-state index in [4.69, 9.17) is 4.74 Å². The summed E-state index contributed by atoms with van der Waals surface area (Å²) < 4.78 is 5.78. The molecule has 3 nitrogen and oxygen atoms in total. The van der Waals surface area contributed by atoms with Gasteiger partial charge in [-0.1, -0.05) is 36.4 Å². The molecule has 0 aliphatic rings. The Balaban J connectivity index is 1.72. The number of anilines is 2. The first-order chi connectivity index (χ1) is 10.9. The smallest absolute Gasteiger partial charge is 0.137 e. The van der Waals surface area contributed by atoms with Crippen molar-refractivity contribution in [2.45, 2.75) is 0 Å². The summed E-state index contributed by atoms with van der Waals surface area (Å²) >= 11 is 0. The molecule has 0 unspecified atom stereocenters. The van der Waals surface area contributed by atoms with Crippen LogP contribution in [0, 0.1) is 0 Å². The van der Waals surface area contributed by atoms with E-state index >= 15 is 0 Å². The molecule has 0 aliphatic carbocycles. The van der Waals surface area contributed by atoms with Crippen LogP contribution in [0.15, 0.2) is 85.2 Å². The number of hydrogen-bond donors (Lipinski definition) is 0. The van der Waals surface area contributed by atoms with E-state index < -0.39 is 0 Å². The second kappa shape index (κ2) is 7.27. The highest BCUT2D eigenvalue weighted by Crippen LogP contribution is 2.24. The Morgan fingerprint density at radius 1 is 0.773 bits per heavy atom. The van der Waals surface area contributed by atoms with Gasteiger partial charge in [-0.25, -0.2) is 0 Å². The second-order valence-corrected chi connectivity index (χ2v) is 4.86. The SMILES string of the molecule is c1ccc(N(CCOc2cccnc2)c2ccccc2)cc1. The van der Waals surface area contributed by atoms with Gasteiger partial charge in [0.15, 0.2) is 0 Å². The van der Waals surface area contributed by atoms with Gasteiger partial charge in [0, 0.05) is 17.6 Å². The van der Waals surface area contributed by atoms with E-state index in [1.807, 2.05) is 48.5 Å². The monoisotopic (exact) mass is 290 g/mol. The van der Waals surface area contributed by atoms with Gasteiger partial charge in [0.1, 0.15) is 12.4 Å². The molecule has 0 amide bonds. The van der Waals surface area contributed by atoms with Crippen molar-refractivity contribution in [3.63, 3.8) is 0 Å². The third kappa shape index (κ3) is 3.64. The number of aromatic nitrogens is 1. The number of hydrogen-bond acceptors (Lipinski definition) is 3. The quantitative estimate of drug-likeness (QED) is 0.677. The third-order valence-electron chi connectivity index (χ3n) is 3.35. The van der Waals surface area contributed by atoms with Gasteiger partial charge < -0.3 is 9.64 Å². The normalized spacial score (nSPS) is 10.2. The second-order valence-electron chi connectivity index (χ2n) is 4.86. The summed E-state index contributed by atoms with van der Waals surface area (Å²) in [6, 6.07) is 24.5. The lowest BCUT2D eigenvalue weighted by Gasteiger charge is -2.25. The molecule has 0 N–H and O–H groups in total. The van der Waals surface area contributed by atoms with Crippen LogP contribution in [0.4, 0.5) is 11.4 Å². The molecule has 0 atom stereocenters. The minimum atomic E-state index is 0.593. The van der Waals surface area contributed by atoms with Gasteiger partial charge in [-0.05, 0) is 36.4 Å². The van der Waals surface area contributed by atoms with Crippen LogP contribution in [0.2, 0.25) is 0 Å². The predicted octanol–water partition coefficient (Wildman–Crippen LogP) is 4.30. The summed E-state index contributed by atoms with van der Waals surface area (Å²) in [7, 11) is 0. The Morgan fingerprint density at radius 3 is 1.95 bits per heavy atom. The van der Waals surface area contributed by atoms with Crippen molar-refractivity contribution < 1.29 is 4.74 Å². The molecule has 3 rings (SSSR count). The van der Waals surface area contributed by atoms with Gasteiger partial charge in [-0.15, -0.1) is 0 Å². The van der Waals surface area contributed by atoms with E-state index in [1.54, 1.807) is 12.4 Å². The minimum Gasteiger partial charge on any atom is -0.490 e. The first-order valence-electron chi connectivity index (χ1n) is 7.34. The molecular weight excluding hydrogens is 272 g/mol. The van der Waals surface area contributed by atoms with E-state index in [9.17, 15) is 0 Å². The van der Waals surface area contributed by atoms with Gasteiger partial charge in [-0.3, -0.25) is 4.98 Å². The van der Waals surface area contributed by atoms with Crippen molar-refractivity contribution in [3.8, 4) is 5.75 Å². The van der Waals surface area contributed by atoms with Crippen LogP contribution in [-0.4, -0.2) is 18.1 Å². The largest absolute Gasteiger partial charge is 0.490 e. The maximum absolute atomic E-state index is 5.78. The van der Waals surface area contributed by atoms with Crippen molar-refractivity contribution in [1.29, 1.82) is 0 Å². The summed E-state index contributed by atoms with van der Waals surface area (Å²) in [5.41, 5.74) is 2.31. The van der Waals surface area contributed by atoms with Gasteiger partial charge in [0.05, 0.1) is 12.7 Å². The van der Waals surface area contributed by atoms with Crippen molar-refractivity contribution in [2.24, 2.45) is 0 Å². The van der Waals surface area contributed by atoms with Gasteiger partial charge in [0.2, 0.25) is 0 Å². The average Bonchev–Trinajstić information content (AvgIpc) is 2.61. The minimum absolute atomic E-state index is 0.593. The Morgan fingerprint density at radius 2 is 1.41 bits per heavy atom. The van der Waals surface area contributed by atoms with Crippen LogP contribution < -0.4 is 9.64 Å². The molecule has 3 heteroatoms. The van der Waals surface area contributed by atoms with Crippen LogP contribution in [0.1, 0.15) is 0 Å². The molecule has 3 aromatic rings. The van der Waals surface area contributed by atoms with Crippen LogP contribution in [0.5, 0.6) is 5.75 Å². The molecule has 1 heterocycles. The van der Waals surface area contributed by atoms with Gasteiger partial charge in [-0.2, -0.15) is 0 Å². The molecule has 0 saturated carbocycles. The van der Waals surface area contributed by atoms with Crippen molar-refractivity contribution in [3.05, 3.63) is 85.2 Å². The maximum Gasteiger partial charge on any atom is 0.137 e. The maximum atomic E-state index is 5.78. The Kier molecular flexibility index (Phi) is 4.67. The zero-order valence-electron chi connectivity index (χ0n) is 12.3. The first-order valence-corrected chi connectivity index (χ1v) is 7.34. The molecule has 0 fully saturated rings. The highest BCUT2D eigenvalue weighted by atomic mass is 16.5. The molecule has 0 aliphatic heterocycles. The van der Waals surface area contributed by atoms with Crippen LogP contribution >= 0.6 is 0 Å².